The molecule has 1 unspecified atom stereocenters. The molecule has 2 aromatic rings. The molecule has 1 atom stereocenters. The minimum Gasteiger partial charge on any atom is -0.494 e. The van der Waals surface area contributed by atoms with Gasteiger partial charge >= 0.3 is 0 Å². The Kier molecular flexibility index (Phi) is 6.59. The summed E-state index contributed by atoms with van der Waals surface area (Å²) < 4.78 is 29.4. The largest absolute Gasteiger partial charge is 0.494 e. The number of hydrogen-bond acceptors (Lipinski definition) is 8. The zero-order valence-electron chi connectivity index (χ0n) is 22.0. The second-order valence-corrected chi connectivity index (χ2v) is 11.4. The number of likely N-dealkylation sites (tertiary alicyclic amines) is 1. The van der Waals surface area contributed by atoms with Gasteiger partial charge in [0.2, 0.25) is 5.88 Å². The summed E-state index contributed by atoms with van der Waals surface area (Å²) in [5.74, 6) is -4.00. The molecule has 2 aromatic heterocycles. The molecular formula is C25H32F2N8O4. The summed E-state index contributed by atoms with van der Waals surface area (Å²) in [6, 6.07) is 1.57. The first-order valence-electron chi connectivity index (χ1n) is 12.9. The Hall–Kier alpha value is -3.97. The maximum absolute atomic E-state index is 13.4. The van der Waals surface area contributed by atoms with Crippen LogP contribution in [0.1, 0.15) is 56.8 Å². The van der Waals surface area contributed by atoms with E-state index in [0.29, 0.717) is 12.2 Å². The second kappa shape index (κ2) is 9.65. The number of hydrogen-bond donors (Lipinski definition) is 4. The Bertz CT molecular complexity index is 1420. The molecule has 39 heavy (non-hydrogen) atoms. The van der Waals surface area contributed by atoms with Crippen molar-refractivity contribution in [2.75, 3.05) is 18.4 Å². The van der Waals surface area contributed by atoms with E-state index in [1.54, 1.807) is 6.07 Å². The van der Waals surface area contributed by atoms with E-state index in [4.69, 9.17) is 0 Å². The van der Waals surface area contributed by atoms with Crippen molar-refractivity contribution in [1.29, 1.82) is 0 Å². The van der Waals surface area contributed by atoms with Gasteiger partial charge in [-0.1, -0.05) is 20.8 Å². The maximum Gasteiger partial charge on any atom is 0.291 e. The average molecular weight is 547 g/mol. The highest BCUT2D eigenvalue weighted by molar-refractivity contribution is 5.97. The van der Waals surface area contributed by atoms with E-state index in [0.717, 1.165) is 17.4 Å². The lowest BCUT2D eigenvalue weighted by atomic mass is 9.96. The van der Waals surface area contributed by atoms with Crippen LogP contribution in [-0.2, 0) is 11.3 Å². The zero-order chi connectivity index (χ0) is 28.1. The molecule has 3 aliphatic rings. The number of alkyl halides is 2. The van der Waals surface area contributed by atoms with Crippen molar-refractivity contribution in [2.45, 2.75) is 71.1 Å². The Morgan fingerprint density at radius 2 is 1.92 bits per heavy atom. The molecular weight excluding hydrogens is 514 g/mol. The number of amides is 2. The van der Waals surface area contributed by atoms with Gasteiger partial charge in [0.25, 0.3) is 23.3 Å². The topological polar surface area (TPSA) is 145 Å². The average Bonchev–Trinajstić information content (AvgIpc) is 3.57. The molecule has 0 radical (unpaired) electrons. The number of piperidine rings is 1. The quantitative estimate of drug-likeness (QED) is 0.431. The van der Waals surface area contributed by atoms with E-state index < -0.39 is 35.3 Å². The molecule has 5 rings (SSSR count). The van der Waals surface area contributed by atoms with Crippen LogP contribution in [0.4, 0.5) is 14.6 Å². The van der Waals surface area contributed by atoms with E-state index >= 15 is 0 Å². The van der Waals surface area contributed by atoms with Crippen LogP contribution in [0.3, 0.4) is 0 Å². The van der Waals surface area contributed by atoms with Gasteiger partial charge in [-0.3, -0.25) is 19.0 Å². The lowest BCUT2D eigenvalue weighted by Gasteiger charge is -2.32. The van der Waals surface area contributed by atoms with Crippen molar-refractivity contribution >= 4 is 29.5 Å². The molecule has 0 aromatic carbocycles. The number of fused-ring (bicyclic) bond motifs is 1. The number of carbonyl (C=O) groups is 2. The van der Waals surface area contributed by atoms with Gasteiger partial charge in [-0.2, -0.15) is 4.52 Å². The minimum absolute atomic E-state index is 0.00439. The number of anilines is 1. The molecule has 12 nitrogen and oxygen atoms in total. The number of nitrogens with zero attached hydrogens (tertiary/aromatic N) is 5. The summed E-state index contributed by atoms with van der Waals surface area (Å²) in [5.41, 5.74) is -1.03. The van der Waals surface area contributed by atoms with Gasteiger partial charge in [0.15, 0.2) is 11.4 Å². The Morgan fingerprint density at radius 1 is 1.23 bits per heavy atom. The van der Waals surface area contributed by atoms with Crippen LogP contribution < -0.4 is 21.5 Å². The Morgan fingerprint density at radius 3 is 2.51 bits per heavy atom. The highest BCUT2D eigenvalue weighted by Crippen LogP contribution is 2.29. The SMILES string of the molecule is CC(C)(C)Cn1c(O)c(C(=O)NC2CC2)c(=O)n2nc(NC3C=NC(C(=O)N4CCC(F)(F)CC4)=CN3)cc12. The second-order valence-electron chi connectivity index (χ2n) is 11.4. The molecule has 4 N–H and O–H groups in total. The van der Waals surface area contributed by atoms with Crippen molar-refractivity contribution in [3.63, 3.8) is 0 Å². The molecule has 1 saturated carbocycles. The molecule has 14 heteroatoms. The predicted molar refractivity (Wildman–Crippen MR) is 139 cm³/mol. The number of rotatable bonds is 6. The summed E-state index contributed by atoms with van der Waals surface area (Å²) in [5, 5.41) is 24.1. The summed E-state index contributed by atoms with van der Waals surface area (Å²) in [6.07, 6.45) is 3.12. The molecule has 2 amide bonds. The van der Waals surface area contributed by atoms with Crippen LogP contribution >= 0.6 is 0 Å². The molecule has 0 spiro atoms. The third-order valence-electron chi connectivity index (χ3n) is 6.69. The Labute approximate surface area is 222 Å². The molecule has 210 valence electrons. The normalized spacial score (nSPS) is 20.9. The van der Waals surface area contributed by atoms with Crippen LogP contribution in [0.5, 0.6) is 5.88 Å². The maximum atomic E-state index is 13.4. The summed E-state index contributed by atoms with van der Waals surface area (Å²) >= 11 is 0. The molecule has 2 aliphatic heterocycles. The number of aromatic hydroxyl groups is 1. The highest BCUT2D eigenvalue weighted by Gasteiger charge is 2.36. The fourth-order valence-electron chi connectivity index (χ4n) is 4.50. The summed E-state index contributed by atoms with van der Waals surface area (Å²) in [7, 11) is 0. The standard InChI is InChI=1S/C25H32F2N8O4/c1-24(2,3)13-34-18-10-16(32-35(18)23(39)19(22(34)38)20(36)30-14-4-5-14)31-17-12-28-15(11-29-17)21(37)33-8-6-25(26,27)7-9-33/h10-12,14,17,29,38H,4-9,13H2,1-3H3,(H,30,36)(H,31,32). The number of nitrogens with one attached hydrogen (secondary N) is 3. The molecule has 1 saturated heterocycles. The number of aliphatic imine (C=N–C) groups is 1. The smallest absolute Gasteiger partial charge is 0.291 e. The first-order chi connectivity index (χ1) is 18.3. The summed E-state index contributed by atoms with van der Waals surface area (Å²) in [4.78, 5) is 44.2. The van der Waals surface area contributed by atoms with Gasteiger partial charge in [0, 0.05) is 57.0 Å². The van der Waals surface area contributed by atoms with Crippen LogP contribution in [0.25, 0.3) is 5.65 Å². The van der Waals surface area contributed by atoms with Gasteiger partial charge in [0.1, 0.15) is 17.5 Å². The van der Waals surface area contributed by atoms with E-state index in [1.165, 1.54) is 21.9 Å². The first kappa shape index (κ1) is 26.6. The van der Waals surface area contributed by atoms with Gasteiger partial charge in [-0.15, -0.1) is 5.10 Å². The molecule has 0 bridgehead atoms. The lowest BCUT2D eigenvalue weighted by Crippen LogP contribution is -2.44. The van der Waals surface area contributed by atoms with Crippen molar-refractivity contribution < 1.29 is 23.5 Å². The summed E-state index contributed by atoms with van der Waals surface area (Å²) in [6.45, 7) is 6.11. The van der Waals surface area contributed by atoms with Crippen molar-refractivity contribution in [3.05, 3.63) is 33.9 Å². The van der Waals surface area contributed by atoms with Gasteiger partial charge < -0.3 is 26.0 Å². The van der Waals surface area contributed by atoms with Crippen LogP contribution in [-0.4, -0.2) is 73.4 Å². The predicted octanol–water partition coefficient (Wildman–Crippen LogP) is 1.65. The molecule has 2 fully saturated rings. The lowest BCUT2D eigenvalue weighted by molar-refractivity contribution is -0.133. The van der Waals surface area contributed by atoms with Gasteiger partial charge in [-0.25, -0.2) is 13.8 Å². The molecule has 4 heterocycles. The van der Waals surface area contributed by atoms with Crippen LogP contribution in [0.2, 0.25) is 0 Å². The highest BCUT2D eigenvalue weighted by atomic mass is 19.3. The van der Waals surface area contributed by atoms with Crippen LogP contribution in [0.15, 0.2) is 27.8 Å². The van der Waals surface area contributed by atoms with E-state index in [2.05, 4.69) is 26.0 Å². The van der Waals surface area contributed by atoms with Gasteiger partial charge in [-0.05, 0) is 18.3 Å². The van der Waals surface area contributed by atoms with E-state index in [-0.39, 0.29) is 54.5 Å². The number of aromatic nitrogens is 3. The van der Waals surface area contributed by atoms with Crippen molar-refractivity contribution in [2.24, 2.45) is 10.4 Å². The van der Waals surface area contributed by atoms with Crippen LogP contribution in [0, 0.1) is 5.41 Å². The number of halogens is 2. The van der Waals surface area contributed by atoms with Gasteiger partial charge in [0.05, 0.1) is 0 Å². The first-order valence-corrected chi connectivity index (χ1v) is 12.9. The zero-order valence-corrected chi connectivity index (χ0v) is 22.0. The fourth-order valence-corrected chi connectivity index (χ4v) is 4.50. The molecule has 1 aliphatic carbocycles. The number of carbonyl (C=O) groups excluding carboxylic acids is 2. The van der Waals surface area contributed by atoms with E-state index in [1.807, 2.05) is 20.8 Å². The third-order valence-corrected chi connectivity index (χ3v) is 6.69. The van der Waals surface area contributed by atoms with Crippen molar-refractivity contribution in [1.82, 2.24) is 29.7 Å². The minimum atomic E-state index is -2.75. The van der Waals surface area contributed by atoms with E-state index in [9.17, 15) is 28.3 Å². The van der Waals surface area contributed by atoms with Crippen molar-refractivity contribution in [3.8, 4) is 5.88 Å². The monoisotopic (exact) mass is 546 g/mol. The fraction of sp³-hybridized carbons (Fsp3) is 0.560. The third kappa shape index (κ3) is 5.73. The Balaban J connectivity index is 1.36.